The van der Waals surface area contributed by atoms with Crippen LogP contribution in [0, 0.1) is 5.82 Å². The van der Waals surface area contributed by atoms with E-state index in [-0.39, 0.29) is 35.8 Å². The molecular formula is C22H31FIN5O. The molecule has 30 heavy (non-hydrogen) atoms. The van der Waals surface area contributed by atoms with Gasteiger partial charge in [-0.15, -0.1) is 24.0 Å². The molecule has 164 valence electrons. The monoisotopic (exact) mass is 527 g/mol. The average molecular weight is 527 g/mol. The normalized spacial score (nSPS) is 16.3. The number of nitrogens with one attached hydrogen (secondary N) is 2. The fourth-order valence-corrected chi connectivity index (χ4v) is 3.44. The maximum atomic E-state index is 14.0. The van der Waals surface area contributed by atoms with E-state index in [0.29, 0.717) is 25.5 Å². The first-order chi connectivity index (χ1) is 14.2. The van der Waals surface area contributed by atoms with Crippen molar-refractivity contribution in [2.75, 3.05) is 31.6 Å². The number of hydrogen-bond acceptors (Lipinski definition) is 4. The molecule has 1 aliphatic rings. The molecule has 1 saturated heterocycles. The molecule has 1 atom stereocenters. The second-order valence-corrected chi connectivity index (χ2v) is 7.13. The predicted molar refractivity (Wildman–Crippen MR) is 130 cm³/mol. The van der Waals surface area contributed by atoms with Crippen LogP contribution in [0.1, 0.15) is 30.9 Å². The van der Waals surface area contributed by atoms with Gasteiger partial charge in [0.2, 0.25) is 0 Å². The van der Waals surface area contributed by atoms with Crippen molar-refractivity contribution in [3.8, 4) is 0 Å². The van der Waals surface area contributed by atoms with Crippen molar-refractivity contribution in [2.45, 2.75) is 39.0 Å². The van der Waals surface area contributed by atoms with Gasteiger partial charge in [-0.1, -0.05) is 31.2 Å². The summed E-state index contributed by atoms with van der Waals surface area (Å²) in [6.07, 6.45) is 3.54. The van der Waals surface area contributed by atoms with E-state index in [1.807, 2.05) is 17.0 Å². The van der Waals surface area contributed by atoms with Gasteiger partial charge in [-0.25, -0.2) is 9.37 Å². The van der Waals surface area contributed by atoms with Crippen LogP contribution >= 0.6 is 24.0 Å². The lowest BCUT2D eigenvalue weighted by Crippen LogP contribution is -2.44. The highest BCUT2D eigenvalue weighted by Crippen LogP contribution is 2.20. The lowest BCUT2D eigenvalue weighted by atomic mass is 10.1. The first-order valence-corrected chi connectivity index (χ1v) is 10.2. The Morgan fingerprint density at radius 1 is 1.27 bits per heavy atom. The van der Waals surface area contributed by atoms with Gasteiger partial charge < -0.3 is 20.3 Å². The number of aliphatic imine (C=N–C) groups is 1. The molecule has 0 radical (unpaired) electrons. The average Bonchev–Trinajstić information content (AvgIpc) is 3.20. The highest BCUT2D eigenvalue weighted by Gasteiger charge is 2.25. The Labute approximate surface area is 195 Å². The van der Waals surface area contributed by atoms with Gasteiger partial charge in [-0.3, -0.25) is 4.99 Å². The van der Waals surface area contributed by atoms with Crippen molar-refractivity contribution < 1.29 is 9.13 Å². The number of aromatic nitrogens is 1. The van der Waals surface area contributed by atoms with Crippen molar-refractivity contribution in [3.05, 3.63) is 59.5 Å². The van der Waals surface area contributed by atoms with Crippen LogP contribution in [-0.2, 0) is 17.9 Å². The van der Waals surface area contributed by atoms with Crippen LogP contribution in [0.15, 0.2) is 47.6 Å². The van der Waals surface area contributed by atoms with Crippen molar-refractivity contribution >= 4 is 35.8 Å². The van der Waals surface area contributed by atoms with Gasteiger partial charge in [-0.2, -0.15) is 0 Å². The number of pyridine rings is 1. The Kier molecular flexibility index (Phi) is 10.3. The summed E-state index contributed by atoms with van der Waals surface area (Å²) < 4.78 is 19.7. The summed E-state index contributed by atoms with van der Waals surface area (Å²) in [5.41, 5.74) is 2.37. The fraction of sp³-hybridized carbons (Fsp3) is 0.455. The molecular weight excluding hydrogens is 496 g/mol. The van der Waals surface area contributed by atoms with Gasteiger partial charge in [0, 0.05) is 45.5 Å². The smallest absolute Gasteiger partial charge is 0.191 e. The minimum atomic E-state index is -0.280. The lowest BCUT2D eigenvalue weighted by molar-refractivity contribution is 0.121. The first kappa shape index (κ1) is 24.3. The summed E-state index contributed by atoms with van der Waals surface area (Å²) in [5.74, 6) is 0.876. The number of guanidine groups is 1. The van der Waals surface area contributed by atoms with Gasteiger partial charge in [0.1, 0.15) is 0 Å². The van der Waals surface area contributed by atoms with Crippen LogP contribution in [0.5, 0.6) is 0 Å². The number of hydrogen-bond donors (Lipinski definition) is 2. The minimum Gasteiger partial charge on any atom is -0.377 e. The molecule has 0 bridgehead atoms. The number of rotatable bonds is 8. The van der Waals surface area contributed by atoms with E-state index < -0.39 is 0 Å². The molecule has 0 amide bonds. The van der Waals surface area contributed by atoms with Crippen molar-refractivity contribution in [1.82, 2.24) is 15.6 Å². The van der Waals surface area contributed by atoms with Gasteiger partial charge >= 0.3 is 0 Å². The molecule has 8 heteroatoms. The van der Waals surface area contributed by atoms with E-state index in [1.54, 1.807) is 19.3 Å². The van der Waals surface area contributed by atoms with E-state index in [1.165, 1.54) is 17.2 Å². The van der Waals surface area contributed by atoms with Crippen molar-refractivity contribution in [2.24, 2.45) is 4.99 Å². The van der Waals surface area contributed by atoms with Crippen molar-refractivity contribution in [3.63, 3.8) is 0 Å². The summed E-state index contributed by atoms with van der Waals surface area (Å²) in [6, 6.07) is 11.5. The molecule has 1 aliphatic heterocycles. The maximum absolute atomic E-state index is 14.0. The highest BCUT2D eigenvalue weighted by molar-refractivity contribution is 14.0. The van der Waals surface area contributed by atoms with Crippen LogP contribution in [0.25, 0.3) is 0 Å². The van der Waals surface area contributed by atoms with E-state index in [9.17, 15) is 4.39 Å². The molecule has 6 nitrogen and oxygen atoms in total. The summed E-state index contributed by atoms with van der Waals surface area (Å²) in [4.78, 5) is 10.5. The molecule has 1 aromatic heterocycles. The van der Waals surface area contributed by atoms with E-state index >= 15 is 0 Å². The van der Waals surface area contributed by atoms with Crippen LogP contribution in [-0.4, -0.2) is 43.7 Å². The minimum absolute atomic E-state index is 0. The predicted octanol–water partition coefficient (Wildman–Crippen LogP) is 3.71. The van der Waals surface area contributed by atoms with E-state index in [0.717, 1.165) is 32.0 Å². The zero-order valence-corrected chi connectivity index (χ0v) is 19.9. The Balaban J connectivity index is 0.00000320. The Hall–Kier alpha value is -1.94. The zero-order valence-electron chi connectivity index (χ0n) is 17.6. The van der Waals surface area contributed by atoms with E-state index in [2.05, 4.69) is 39.7 Å². The molecule has 0 spiro atoms. The van der Waals surface area contributed by atoms with Gasteiger partial charge in [0.15, 0.2) is 17.6 Å². The maximum Gasteiger partial charge on any atom is 0.191 e. The summed E-state index contributed by atoms with van der Waals surface area (Å²) >= 11 is 0. The standard InChI is InChI=1S/C22H30FN5O.HI/c1-3-13-29-16-18-8-5-4-7-17(18)14-26-22(24-2)27-19-10-12-28(15-19)21-20(23)9-6-11-25-21;/h4-9,11,19H,3,10,12-16H2,1-2H3,(H2,24,26,27);1H. The van der Waals surface area contributed by atoms with Gasteiger partial charge in [-0.05, 0) is 36.1 Å². The molecule has 1 fully saturated rings. The summed E-state index contributed by atoms with van der Waals surface area (Å²) in [5, 5.41) is 6.83. The number of anilines is 1. The summed E-state index contributed by atoms with van der Waals surface area (Å²) in [7, 11) is 1.76. The molecule has 0 saturated carbocycles. The lowest BCUT2D eigenvalue weighted by Gasteiger charge is -2.20. The highest BCUT2D eigenvalue weighted by atomic mass is 127. The second kappa shape index (κ2) is 12.7. The quantitative estimate of drug-likeness (QED) is 0.237. The molecule has 2 N–H and O–H groups in total. The third-order valence-electron chi connectivity index (χ3n) is 4.96. The third-order valence-corrected chi connectivity index (χ3v) is 4.96. The second-order valence-electron chi connectivity index (χ2n) is 7.13. The molecule has 3 rings (SSSR count). The topological polar surface area (TPSA) is 61.8 Å². The van der Waals surface area contributed by atoms with Gasteiger partial charge in [0.05, 0.1) is 6.61 Å². The van der Waals surface area contributed by atoms with Crippen LogP contribution < -0.4 is 15.5 Å². The molecule has 2 aromatic rings. The van der Waals surface area contributed by atoms with Crippen LogP contribution in [0.4, 0.5) is 10.2 Å². The molecule has 0 aliphatic carbocycles. The van der Waals surface area contributed by atoms with E-state index in [4.69, 9.17) is 4.74 Å². The SMILES string of the molecule is CCCOCc1ccccc1CNC(=NC)NC1CCN(c2ncccc2F)C1.I. The number of halogens is 2. The Morgan fingerprint density at radius 2 is 2.07 bits per heavy atom. The molecule has 1 unspecified atom stereocenters. The first-order valence-electron chi connectivity index (χ1n) is 10.2. The largest absolute Gasteiger partial charge is 0.377 e. The Morgan fingerprint density at radius 3 is 2.80 bits per heavy atom. The zero-order chi connectivity index (χ0) is 20.5. The van der Waals surface area contributed by atoms with Crippen LogP contribution in [0.3, 0.4) is 0 Å². The van der Waals surface area contributed by atoms with Crippen molar-refractivity contribution in [1.29, 1.82) is 0 Å². The Bertz CT molecular complexity index is 820. The van der Waals surface area contributed by atoms with Crippen LogP contribution in [0.2, 0.25) is 0 Å². The fourth-order valence-electron chi connectivity index (χ4n) is 3.44. The number of benzene rings is 1. The summed E-state index contributed by atoms with van der Waals surface area (Å²) in [6.45, 7) is 5.60. The third kappa shape index (κ3) is 6.80. The van der Waals surface area contributed by atoms with Gasteiger partial charge in [0.25, 0.3) is 0 Å². The molecule has 2 heterocycles. The number of nitrogens with zero attached hydrogens (tertiary/aromatic N) is 3. The number of ether oxygens (including phenoxy) is 1. The molecule has 1 aromatic carbocycles.